The zero-order chi connectivity index (χ0) is 20.0. The van der Waals surface area contributed by atoms with Crippen LogP contribution in [0.5, 0.6) is 0 Å². The monoisotopic (exact) mass is 415 g/mol. The molecule has 0 saturated carbocycles. The number of ether oxygens (including phenoxy) is 2. The highest BCUT2D eigenvalue weighted by atomic mass is 35.5. The number of hydrogen-bond donors (Lipinski definition) is 1. The number of benzene rings is 2. The summed E-state index contributed by atoms with van der Waals surface area (Å²) in [6.45, 7) is 1.53. The van der Waals surface area contributed by atoms with Crippen molar-refractivity contribution in [2.45, 2.75) is 17.9 Å². The lowest BCUT2D eigenvalue weighted by Crippen LogP contribution is -2.30. The lowest BCUT2D eigenvalue weighted by atomic mass is 10.1. The van der Waals surface area contributed by atoms with Crippen LogP contribution < -0.4 is 4.72 Å². The summed E-state index contributed by atoms with van der Waals surface area (Å²) in [6.07, 6.45) is -0.569. The van der Waals surface area contributed by atoms with Crippen LogP contribution in [0.1, 0.15) is 28.9 Å². The SMILES string of the molecule is CCOC(=O)c1cc(S(=O)(=O)NC[C@H](OC)c2ccccc2)c(F)cc1Cl. The number of halogens is 2. The molecule has 0 amide bonds. The zero-order valence-electron chi connectivity index (χ0n) is 14.7. The summed E-state index contributed by atoms with van der Waals surface area (Å²) in [4.78, 5) is 11.2. The van der Waals surface area contributed by atoms with E-state index in [4.69, 9.17) is 21.1 Å². The van der Waals surface area contributed by atoms with Gasteiger partial charge in [0.1, 0.15) is 10.7 Å². The molecule has 9 heteroatoms. The number of rotatable bonds is 8. The van der Waals surface area contributed by atoms with Crippen molar-refractivity contribution in [1.29, 1.82) is 0 Å². The van der Waals surface area contributed by atoms with Crippen molar-refractivity contribution in [3.8, 4) is 0 Å². The van der Waals surface area contributed by atoms with Crippen molar-refractivity contribution in [3.63, 3.8) is 0 Å². The Balaban J connectivity index is 2.28. The van der Waals surface area contributed by atoms with Crippen LogP contribution in [0.3, 0.4) is 0 Å². The molecule has 1 N–H and O–H groups in total. The largest absolute Gasteiger partial charge is 0.462 e. The first kappa shape index (κ1) is 21.3. The molecule has 2 aromatic rings. The van der Waals surface area contributed by atoms with Gasteiger partial charge in [0.05, 0.1) is 23.3 Å². The molecular formula is C18H19ClFNO5S. The van der Waals surface area contributed by atoms with Crippen LogP contribution in [0, 0.1) is 5.82 Å². The summed E-state index contributed by atoms with van der Waals surface area (Å²) in [5.74, 6) is -1.91. The molecule has 2 rings (SSSR count). The Kier molecular flexibility index (Phi) is 7.32. The summed E-state index contributed by atoms with van der Waals surface area (Å²) in [5.41, 5.74) is 0.526. The van der Waals surface area contributed by atoms with Gasteiger partial charge >= 0.3 is 5.97 Å². The second-order valence-electron chi connectivity index (χ2n) is 5.47. The predicted molar refractivity (Wildman–Crippen MR) is 98.7 cm³/mol. The highest BCUT2D eigenvalue weighted by Crippen LogP contribution is 2.25. The van der Waals surface area contributed by atoms with Gasteiger partial charge in [0.2, 0.25) is 10.0 Å². The standard InChI is InChI=1S/C18H19ClFNO5S/c1-3-26-18(22)13-9-17(15(20)10-14(13)19)27(23,24)21-11-16(25-2)12-7-5-4-6-8-12/h4-10,16,21H,3,11H2,1-2H3/t16-/m0/s1. The number of methoxy groups -OCH3 is 1. The molecule has 0 aliphatic heterocycles. The summed E-state index contributed by atoms with van der Waals surface area (Å²) < 4.78 is 51.7. The summed E-state index contributed by atoms with van der Waals surface area (Å²) in [5, 5.41) is -0.232. The molecule has 0 fully saturated rings. The Morgan fingerprint density at radius 3 is 2.52 bits per heavy atom. The van der Waals surface area contributed by atoms with E-state index < -0.39 is 32.8 Å². The fraction of sp³-hybridized carbons (Fsp3) is 0.278. The maximum Gasteiger partial charge on any atom is 0.339 e. The van der Waals surface area contributed by atoms with Gasteiger partial charge in [-0.3, -0.25) is 0 Å². The Morgan fingerprint density at radius 1 is 1.26 bits per heavy atom. The molecule has 1 atom stereocenters. The van der Waals surface area contributed by atoms with Crippen LogP contribution in [0.2, 0.25) is 5.02 Å². The topological polar surface area (TPSA) is 81.7 Å². The zero-order valence-corrected chi connectivity index (χ0v) is 16.3. The molecule has 0 heterocycles. The molecule has 0 radical (unpaired) electrons. The molecule has 146 valence electrons. The quantitative estimate of drug-likeness (QED) is 0.669. The molecule has 6 nitrogen and oxygen atoms in total. The minimum absolute atomic E-state index is 0.0689. The third-order valence-electron chi connectivity index (χ3n) is 3.72. The molecule has 0 unspecified atom stereocenters. The Labute approximate surface area is 162 Å². The lowest BCUT2D eigenvalue weighted by Gasteiger charge is -2.17. The molecule has 0 aliphatic rings. The normalized spacial score (nSPS) is 12.6. The first-order valence-corrected chi connectivity index (χ1v) is 9.89. The Morgan fingerprint density at radius 2 is 1.93 bits per heavy atom. The highest BCUT2D eigenvalue weighted by Gasteiger charge is 2.25. The van der Waals surface area contributed by atoms with E-state index in [-0.39, 0.29) is 23.7 Å². The van der Waals surface area contributed by atoms with Gasteiger partial charge in [-0.25, -0.2) is 22.3 Å². The lowest BCUT2D eigenvalue weighted by molar-refractivity contribution is 0.0526. The summed E-state index contributed by atoms with van der Waals surface area (Å²) in [7, 11) is -2.83. The first-order chi connectivity index (χ1) is 12.8. The van der Waals surface area contributed by atoms with Crippen LogP contribution >= 0.6 is 11.6 Å². The van der Waals surface area contributed by atoms with Crippen molar-refractivity contribution in [2.75, 3.05) is 20.3 Å². The average Bonchev–Trinajstić information content (AvgIpc) is 2.63. The molecular weight excluding hydrogens is 397 g/mol. The number of carbonyl (C=O) groups is 1. The van der Waals surface area contributed by atoms with Gasteiger partial charge in [0.25, 0.3) is 0 Å². The van der Waals surface area contributed by atoms with Crippen molar-refractivity contribution in [2.24, 2.45) is 0 Å². The van der Waals surface area contributed by atoms with Crippen molar-refractivity contribution in [3.05, 3.63) is 64.4 Å². The first-order valence-electron chi connectivity index (χ1n) is 8.03. The molecule has 2 aromatic carbocycles. The van der Waals surface area contributed by atoms with E-state index in [2.05, 4.69) is 4.72 Å². The van der Waals surface area contributed by atoms with Crippen LogP contribution in [0.4, 0.5) is 4.39 Å². The van der Waals surface area contributed by atoms with Crippen molar-refractivity contribution < 1.29 is 27.1 Å². The number of esters is 1. The van der Waals surface area contributed by atoms with Crippen LogP contribution in [-0.2, 0) is 19.5 Å². The fourth-order valence-corrected chi connectivity index (χ4v) is 3.71. The third-order valence-corrected chi connectivity index (χ3v) is 5.47. The van der Waals surface area contributed by atoms with Gasteiger partial charge in [-0.05, 0) is 24.6 Å². The van der Waals surface area contributed by atoms with E-state index in [9.17, 15) is 17.6 Å². The molecule has 0 aromatic heterocycles. The van der Waals surface area contributed by atoms with Crippen LogP contribution in [0.25, 0.3) is 0 Å². The maximum absolute atomic E-state index is 14.2. The Hall–Kier alpha value is -2.00. The van der Waals surface area contributed by atoms with E-state index in [0.717, 1.165) is 17.7 Å². The van der Waals surface area contributed by atoms with Crippen molar-refractivity contribution >= 4 is 27.6 Å². The van der Waals surface area contributed by atoms with E-state index >= 15 is 0 Å². The number of hydrogen-bond acceptors (Lipinski definition) is 5. The minimum atomic E-state index is -4.26. The molecule has 0 bridgehead atoms. The Bertz CT molecular complexity index is 905. The second kappa shape index (κ2) is 9.27. The van der Waals surface area contributed by atoms with Gasteiger partial charge < -0.3 is 9.47 Å². The summed E-state index contributed by atoms with van der Waals surface area (Å²) >= 11 is 5.84. The van der Waals surface area contributed by atoms with Gasteiger partial charge in [-0.15, -0.1) is 0 Å². The molecule has 0 aliphatic carbocycles. The predicted octanol–water partition coefficient (Wildman–Crippen LogP) is 3.32. The van der Waals surface area contributed by atoms with E-state index in [1.165, 1.54) is 7.11 Å². The van der Waals surface area contributed by atoms with Gasteiger partial charge in [-0.2, -0.15) is 0 Å². The number of sulfonamides is 1. The van der Waals surface area contributed by atoms with Gasteiger partial charge in [0, 0.05) is 13.7 Å². The maximum atomic E-state index is 14.2. The van der Waals surface area contributed by atoms with E-state index in [0.29, 0.717) is 0 Å². The van der Waals surface area contributed by atoms with E-state index in [1.807, 2.05) is 6.07 Å². The smallest absolute Gasteiger partial charge is 0.339 e. The summed E-state index contributed by atoms with van der Waals surface area (Å²) in [6, 6.07) is 10.6. The third kappa shape index (κ3) is 5.26. The second-order valence-corrected chi connectivity index (χ2v) is 7.61. The van der Waals surface area contributed by atoms with Gasteiger partial charge in [0.15, 0.2) is 0 Å². The average molecular weight is 416 g/mol. The van der Waals surface area contributed by atoms with Crippen LogP contribution in [-0.4, -0.2) is 34.6 Å². The van der Waals surface area contributed by atoms with Crippen LogP contribution in [0.15, 0.2) is 47.4 Å². The molecule has 27 heavy (non-hydrogen) atoms. The number of nitrogens with one attached hydrogen (secondary N) is 1. The minimum Gasteiger partial charge on any atom is -0.462 e. The number of carbonyl (C=O) groups excluding carboxylic acids is 1. The molecule has 0 spiro atoms. The van der Waals surface area contributed by atoms with Gasteiger partial charge in [-0.1, -0.05) is 41.9 Å². The van der Waals surface area contributed by atoms with Crippen molar-refractivity contribution in [1.82, 2.24) is 4.72 Å². The fourth-order valence-electron chi connectivity index (χ4n) is 2.37. The molecule has 0 saturated heterocycles. The highest BCUT2D eigenvalue weighted by molar-refractivity contribution is 7.89. The van der Waals surface area contributed by atoms with E-state index in [1.54, 1.807) is 31.2 Å².